The summed E-state index contributed by atoms with van der Waals surface area (Å²) in [5.74, 6) is 0.440. The molecule has 0 saturated heterocycles. The molecule has 8 heteroatoms. The van der Waals surface area contributed by atoms with Crippen molar-refractivity contribution in [2.75, 3.05) is 5.73 Å². The zero-order valence-electron chi connectivity index (χ0n) is 10.2. The molecule has 2 aromatic rings. The number of nitrogens with zero attached hydrogens (tertiary/aromatic N) is 2. The standard InChI is InChI=1S/C11H13BrN4O2S/c1-16-11(13)8(6-14-16)7-15-19(17,18)10-5-3-2-4-9(10)12/h2-6,15H,7,13H2,1H3. The van der Waals surface area contributed by atoms with E-state index in [1.165, 1.54) is 16.9 Å². The van der Waals surface area contributed by atoms with Crippen molar-refractivity contribution < 1.29 is 8.42 Å². The van der Waals surface area contributed by atoms with Gasteiger partial charge in [0.1, 0.15) is 5.82 Å². The molecule has 6 nitrogen and oxygen atoms in total. The first-order valence-electron chi connectivity index (χ1n) is 5.42. The van der Waals surface area contributed by atoms with Crippen molar-refractivity contribution in [3.63, 3.8) is 0 Å². The molecule has 0 amide bonds. The number of nitrogens with two attached hydrogens (primary N) is 1. The normalized spacial score (nSPS) is 11.7. The Balaban J connectivity index is 2.19. The molecular formula is C11H13BrN4O2S. The van der Waals surface area contributed by atoms with Gasteiger partial charge in [-0.3, -0.25) is 4.68 Å². The van der Waals surface area contributed by atoms with Gasteiger partial charge in [0.15, 0.2) is 0 Å². The van der Waals surface area contributed by atoms with E-state index in [4.69, 9.17) is 5.73 Å². The number of aryl methyl sites for hydroxylation is 1. The van der Waals surface area contributed by atoms with Gasteiger partial charge in [-0.15, -0.1) is 0 Å². The van der Waals surface area contributed by atoms with Crippen molar-refractivity contribution in [3.8, 4) is 0 Å². The highest BCUT2D eigenvalue weighted by Gasteiger charge is 2.17. The highest BCUT2D eigenvalue weighted by Crippen LogP contribution is 2.21. The first-order valence-corrected chi connectivity index (χ1v) is 7.70. The Labute approximate surface area is 119 Å². The van der Waals surface area contributed by atoms with Crippen LogP contribution in [0.25, 0.3) is 0 Å². The van der Waals surface area contributed by atoms with Crippen molar-refractivity contribution >= 4 is 31.8 Å². The summed E-state index contributed by atoms with van der Waals surface area (Å²) in [6.07, 6.45) is 1.54. The molecule has 102 valence electrons. The van der Waals surface area contributed by atoms with Crippen LogP contribution in [0.15, 0.2) is 39.8 Å². The molecule has 1 aromatic heterocycles. The van der Waals surface area contributed by atoms with Crippen molar-refractivity contribution in [2.24, 2.45) is 7.05 Å². The first-order chi connectivity index (χ1) is 8.92. The van der Waals surface area contributed by atoms with E-state index in [1.807, 2.05) is 0 Å². The average Bonchev–Trinajstić information content (AvgIpc) is 2.68. The fourth-order valence-corrected chi connectivity index (χ4v) is 3.55. The lowest BCUT2D eigenvalue weighted by atomic mass is 10.3. The maximum absolute atomic E-state index is 12.1. The number of benzene rings is 1. The monoisotopic (exact) mass is 344 g/mol. The summed E-state index contributed by atoms with van der Waals surface area (Å²) in [6, 6.07) is 6.62. The predicted octanol–water partition coefficient (Wildman–Crippen LogP) is 1.24. The number of nitrogen functional groups attached to an aromatic ring is 1. The number of aromatic nitrogens is 2. The van der Waals surface area contributed by atoms with Gasteiger partial charge in [0.05, 0.1) is 11.1 Å². The third kappa shape index (κ3) is 2.96. The van der Waals surface area contributed by atoms with E-state index in [0.29, 0.717) is 15.9 Å². The van der Waals surface area contributed by atoms with Crippen LogP contribution in [-0.2, 0) is 23.6 Å². The summed E-state index contributed by atoms with van der Waals surface area (Å²) in [5.41, 5.74) is 6.39. The van der Waals surface area contributed by atoms with Gasteiger partial charge in [-0.2, -0.15) is 5.10 Å². The Morgan fingerprint density at radius 2 is 2.11 bits per heavy atom. The lowest BCUT2D eigenvalue weighted by Gasteiger charge is -2.08. The molecule has 0 atom stereocenters. The second-order valence-electron chi connectivity index (χ2n) is 3.93. The zero-order chi connectivity index (χ0) is 14.0. The van der Waals surface area contributed by atoms with E-state index in [-0.39, 0.29) is 11.4 Å². The molecule has 3 N–H and O–H groups in total. The lowest BCUT2D eigenvalue weighted by molar-refractivity contribution is 0.581. The predicted molar refractivity (Wildman–Crippen MR) is 75.8 cm³/mol. The molecule has 0 spiro atoms. The molecule has 2 rings (SSSR count). The summed E-state index contributed by atoms with van der Waals surface area (Å²) in [6.45, 7) is 0.101. The van der Waals surface area contributed by atoms with E-state index in [1.54, 1.807) is 25.2 Å². The second-order valence-corrected chi connectivity index (χ2v) is 6.52. The maximum Gasteiger partial charge on any atom is 0.241 e. The molecule has 0 saturated carbocycles. The number of hydrogen-bond donors (Lipinski definition) is 2. The molecule has 19 heavy (non-hydrogen) atoms. The number of rotatable bonds is 4. The number of halogens is 1. The van der Waals surface area contributed by atoms with Crippen LogP contribution in [0.1, 0.15) is 5.56 Å². The molecule has 0 aliphatic heterocycles. The summed E-state index contributed by atoms with van der Waals surface area (Å²) < 4.78 is 28.8. The van der Waals surface area contributed by atoms with Gasteiger partial charge in [0.25, 0.3) is 0 Å². The Kier molecular flexibility index (Phi) is 3.93. The Morgan fingerprint density at radius 3 is 2.68 bits per heavy atom. The zero-order valence-corrected chi connectivity index (χ0v) is 12.6. The minimum atomic E-state index is -3.59. The van der Waals surface area contributed by atoms with Crippen LogP contribution in [0, 0.1) is 0 Å². The van der Waals surface area contributed by atoms with E-state index in [0.717, 1.165) is 0 Å². The summed E-state index contributed by atoms with van der Waals surface area (Å²) >= 11 is 3.22. The van der Waals surface area contributed by atoms with E-state index < -0.39 is 10.0 Å². The maximum atomic E-state index is 12.1. The minimum absolute atomic E-state index is 0.101. The van der Waals surface area contributed by atoms with E-state index >= 15 is 0 Å². The number of sulfonamides is 1. The van der Waals surface area contributed by atoms with Gasteiger partial charge in [-0.25, -0.2) is 13.1 Å². The van der Waals surface area contributed by atoms with Crippen LogP contribution >= 0.6 is 15.9 Å². The van der Waals surface area contributed by atoms with Crippen LogP contribution in [0.3, 0.4) is 0 Å². The fraction of sp³-hybridized carbons (Fsp3) is 0.182. The molecule has 0 radical (unpaired) electrons. The molecular weight excluding hydrogens is 332 g/mol. The Morgan fingerprint density at radius 1 is 1.42 bits per heavy atom. The largest absolute Gasteiger partial charge is 0.384 e. The molecule has 1 heterocycles. The summed E-state index contributed by atoms with van der Waals surface area (Å²) in [7, 11) is -1.89. The highest BCUT2D eigenvalue weighted by molar-refractivity contribution is 9.10. The van der Waals surface area contributed by atoms with Crippen molar-refractivity contribution in [1.82, 2.24) is 14.5 Å². The third-order valence-electron chi connectivity index (χ3n) is 2.64. The van der Waals surface area contributed by atoms with Crippen molar-refractivity contribution in [2.45, 2.75) is 11.4 Å². The molecule has 0 unspecified atom stereocenters. The van der Waals surface area contributed by atoms with Gasteiger partial charge in [0, 0.05) is 23.6 Å². The summed E-state index contributed by atoms with van der Waals surface area (Å²) in [4.78, 5) is 0.192. The van der Waals surface area contributed by atoms with Crippen LogP contribution < -0.4 is 10.5 Å². The van der Waals surface area contributed by atoms with E-state index in [9.17, 15) is 8.42 Å². The summed E-state index contributed by atoms with van der Waals surface area (Å²) in [5, 5.41) is 3.95. The number of hydrogen-bond acceptors (Lipinski definition) is 4. The topological polar surface area (TPSA) is 90.0 Å². The third-order valence-corrected chi connectivity index (χ3v) is 5.06. The van der Waals surface area contributed by atoms with Crippen molar-refractivity contribution in [1.29, 1.82) is 0 Å². The molecule has 0 aliphatic carbocycles. The van der Waals surface area contributed by atoms with Crippen LogP contribution in [0.5, 0.6) is 0 Å². The molecule has 0 fully saturated rings. The van der Waals surface area contributed by atoms with Gasteiger partial charge in [-0.05, 0) is 28.1 Å². The van der Waals surface area contributed by atoms with Gasteiger partial charge >= 0.3 is 0 Å². The Bertz CT molecular complexity index is 696. The minimum Gasteiger partial charge on any atom is -0.384 e. The van der Waals surface area contributed by atoms with Crippen LogP contribution in [0.2, 0.25) is 0 Å². The van der Waals surface area contributed by atoms with E-state index in [2.05, 4.69) is 25.8 Å². The van der Waals surface area contributed by atoms with Gasteiger partial charge in [-0.1, -0.05) is 12.1 Å². The van der Waals surface area contributed by atoms with Gasteiger partial charge < -0.3 is 5.73 Å². The highest BCUT2D eigenvalue weighted by atomic mass is 79.9. The first kappa shape index (κ1) is 14.0. The van der Waals surface area contributed by atoms with Crippen LogP contribution in [-0.4, -0.2) is 18.2 Å². The Hall–Kier alpha value is -1.38. The lowest BCUT2D eigenvalue weighted by Crippen LogP contribution is -2.23. The molecule has 0 bridgehead atoms. The smallest absolute Gasteiger partial charge is 0.241 e. The van der Waals surface area contributed by atoms with Crippen molar-refractivity contribution in [3.05, 3.63) is 40.5 Å². The average molecular weight is 345 g/mol. The number of nitrogens with one attached hydrogen (secondary N) is 1. The molecule has 1 aromatic carbocycles. The fourth-order valence-electron chi connectivity index (χ4n) is 1.54. The number of anilines is 1. The van der Waals surface area contributed by atoms with Crippen LogP contribution in [0.4, 0.5) is 5.82 Å². The quantitative estimate of drug-likeness (QED) is 0.873. The molecule has 0 aliphatic rings. The SMILES string of the molecule is Cn1ncc(CNS(=O)(=O)c2ccccc2Br)c1N. The second kappa shape index (κ2) is 5.32. The van der Waals surface area contributed by atoms with Gasteiger partial charge in [0.2, 0.25) is 10.0 Å².